The van der Waals surface area contributed by atoms with Crippen molar-refractivity contribution in [3.8, 4) is 11.5 Å². The van der Waals surface area contributed by atoms with Crippen molar-refractivity contribution in [1.82, 2.24) is 10.2 Å². The number of aromatic nitrogens is 2. The Morgan fingerprint density at radius 3 is 2.20 bits per heavy atom. The number of carbonyl (C=O) groups excluding carboxylic acids is 1. The molecule has 7 nitrogen and oxygen atoms in total. The van der Waals surface area contributed by atoms with Gasteiger partial charge >= 0.3 is 5.97 Å². The maximum Gasteiger partial charge on any atom is 0.352 e. The van der Waals surface area contributed by atoms with Gasteiger partial charge in [-0.15, -0.1) is 0 Å². The van der Waals surface area contributed by atoms with Gasteiger partial charge in [-0.05, 0) is 41.7 Å². The van der Waals surface area contributed by atoms with Gasteiger partial charge in [0.25, 0.3) is 5.56 Å². The van der Waals surface area contributed by atoms with Crippen molar-refractivity contribution in [2.45, 2.75) is 25.7 Å². The molecule has 4 aromatic rings. The Kier molecular flexibility index (Phi) is 7.91. The smallest absolute Gasteiger partial charge is 0.352 e. The first kappa shape index (κ1) is 23.8. The second-order valence-electron chi connectivity index (χ2n) is 7.98. The second kappa shape index (κ2) is 11.7. The third kappa shape index (κ3) is 6.57. The van der Waals surface area contributed by atoms with Crippen LogP contribution >= 0.6 is 0 Å². The Balaban J connectivity index is 1.49. The first-order valence-electron chi connectivity index (χ1n) is 11.4. The lowest BCUT2D eigenvalue weighted by Crippen LogP contribution is -2.17. The zero-order valence-corrected chi connectivity index (χ0v) is 19.3. The summed E-state index contributed by atoms with van der Waals surface area (Å²) in [6, 6.07) is 28.7. The third-order valence-corrected chi connectivity index (χ3v) is 5.38. The standard InChI is InChI=1S/C28H26N2O5/c1-20(31)34-35-25-16-8-15-24(19-25)33-17-9-14-23-18-26(32)29-30-28(23)27(21-10-4-2-5-11-21)22-12-6-3-7-13-22/h2-8,10-13,15-16,18-19,27H,9,14,17H2,1H3,(H,29,32). The Hall–Kier alpha value is -4.39. The minimum Gasteiger partial charge on any atom is -0.493 e. The van der Waals surface area contributed by atoms with E-state index in [1.54, 1.807) is 30.3 Å². The zero-order chi connectivity index (χ0) is 24.5. The number of hydrogen-bond donors (Lipinski definition) is 1. The Morgan fingerprint density at radius 1 is 0.886 bits per heavy atom. The molecule has 0 aliphatic carbocycles. The summed E-state index contributed by atoms with van der Waals surface area (Å²) in [5.41, 5.74) is 3.65. The molecule has 0 fully saturated rings. The molecule has 1 N–H and O–H groups in total. The highest BCUT2D eigenvalue weighted by molar-refractivity contribution is 5.65. The number of aryl methyl sites for hydroxylation is 1. The highest BCUT2D eigenvalue weighted by Crippen LogP contribution is 2.32. The van der Waals surface area contributed by atoms with Gasteiger partial charge in [0.1, 0.15) is 5.75 Å². The van der Waals surface area contributed by atoms with Crippen LogP contribution < -0.4 is 15.2 Å². The van der Waals surface area contributed by atoms with E-state index in [0.717, 1.165) is 22.4 Å². The number of rotatable bonds is 10. The summed E-state index contributed by atoms with van der Waals surface area (Å²) in [6.45, 7) is 1.68. The molecule has 0 unspecified atom stereocenters. The Bertz CT molecular complexity index is 1270. The van der Waals surface area contributed by atoms with Crippen LogP contribution in [0.3, 0.4) is 0 Å². The maximum absolute atomic E-state index is 12.1. The van der Waals surface area contributed by atoms with E-state index in [1.807, 2.05) is 36.4 Å². The van der Waals surface area contributed by atoms with Crippen LogP contribution in [-0.2, 0) is 16.1 Å². The number of hydrogen-bond acceptors (Lipinski definition) is 6. The Morgan fingerprint density at radius 2 is 1.54 bits per heavy atom. The molecule has 0 saturated heterocycles. The fraction of sp³-hybridized carbons (Fsp3) is 0.179. The van der Waals surface area contributed by atoms with Crippen LogP contribution in [0.1, 0.15) is 41.6 Å². The SMILES string of the molecule is CC(=O)OOc1cccc(OCCCc2cc(=O)[nH]nc2C(c2ccccc2)c2ccccc2)c1. The second-order valence-corrected chi connectivity index (χ2v) is 7.98. The third-order valence-electron chi connectivity index (χ3n) is 5.38. The highest BCUT2D eigenvalue weighted by atomic mass is 17.2. The van der Waals surface area contributed by atoms with Crippen molar-refractivity contribution in [2.75, 3.05) is 6.61 Å². The molecule has 0 spiro atoms. The van der Waals surface area contributed by atoms with Crippen molar-refractivity contribution in [3.05, 3.63) is 124 Å². The van der Waals surface area contributed by atoms with E-state index < -0.39 is 5.97 Å². The molecule has 7 heteroatoms. The largest absolute Gasteiger partial charge is 0.493 e. The van der Waals surface area contributed by atoms with Gasteiger partial charge in [-0.25, -0.2) is 9.89 Å². The quantitative estimate of drug-likeness (QED) is 0.203. The lowest BCUT2D eigenvalue weighted by atomic mass is 9.85. The molecule has 35 heavy (non-hydrogen) atoms. The van der Waals surface area contributed by atoms with Crippen molar-refractivity contribution < 1.29 is 19.3 Å². The van der Waals surface area contributed by atoms with Crippen LogP contribution in [0.2, 0.25) is 0 Å². The first-order chi connectivity index (χ1) is 17.1. The Labute approximate surface area is 203 Å². The highest BCUT2D eigenvalue weighted by Gasteiger charge is 2.21. The van der Waals surface area contributed by atoms with Gasteiger partial charge in [0.2, 0.25) is 0 Å². The van der Waals surface area contributed by atoms with Gasteiger partial charge in [-0.1, -0.05) is 66.7 Å². The lowest BCUT2D eigenvalue weighted by Gasteiger charge is -2.20. The van der Waals surface area contributed by atoms with Crippen LogP contribution in [-0.4, -0.2) is 22.8 Å². The van der Waals surface area contributed by atoms with Crippen LogP contribution in [0.5, 0.6) is 11.5 Å². The lowest BCUT2D eigenvalue weighted by molar-refractivity contribution is -0.210. The van der Waals surface area contributed by atoms with Gasteiger partial charge in [0.15, 0.2) is 5.75 Å². The summed E-state index contributed by atoms with van der Waals surface area (Å²) >= 11 is 0. The summed E-state index contributed by atoms with van der Waals surface area (Å²) in [7, 11) is 0. The molecular formula is C28H26N2O5. The molecule has 3 aromatic carbocycles. The minimum atomic E-state index is -0.539. The summed E-state index contributed by atoms with van der Waals surface area (Å²) < 4.78 is 5.85. The number of H-pyrrole nitrogens is 1. The van der Waals surface area contributed by atoms with Crippen LogP contribution in [0, 0.1) is 0 Å². The number of aromatic amines is 1. The molecule has 0 saturated carbocycles. The molecule has 178 valence electrons. The fourth-order valence-corrected chi connectivity index (χ4v) is 3.88. The molecule has 0 bridgehead atoms. The van der Waals surface area contributed by atoms with Crippen LogP contribution in [0.15, 0.2) is 95.8 Å². The molecule has 0 radical (unpaired) electrons. The molecule has 1 heterocycles. The van der Waals surface area contributed by atoms with E-state index >= 15 is 0 Å². The first-order valence-corrected chi connectivity index (χ1v) is 11.4. The van der Waals surface area contributed by atoms with Gasteiger partial charge in [-0.3, -0.25) is 14.6 Å². The van der Waals surface area contributed by atoms with Crippen molar-refractivity contribution in [2.24, 2.45) is 0 Å². The molecule has 0 atom stereocenters. The summed E-state index contributed by atoms with van der Waals surface area (Å²) in [5.74, 6) is 0.306. The normalized spacial score (nSPS) is 10.7. The van der Waals surface area contributed by atoms with Crippen LogP contribution in [0.25, 0.3) is 0 Å². The molecule has 0 aliphatic heterocycles. The van der Waals surface area contributed by atoms with Gasteiger partial charge in [0.05, 0.1) is 18.2 Å². The predicted molar refractivity (Wildman–Crippen MR) is 131 cm³/mol. The zero-order valence-electron chi connectivity index (χ0n) is 19.3. The molecule has 0 amide bonds. The van der Waals surface area contributed by atoms with Crippen molar-refractivity contribution in [3.63, 3.8) is 0 Å². The molecule has 4 rings (SSSR count). The molecule has 1 aromatic heterocycles. The van der Waals surface area contributed by atoms with E-state index in [-0.39, 0.29) is 11.5 Å². The van der Waals surface area contributed by atoms with E-state index in [4.69, 9.17) is 9.62 Å². The van der Waals surface area contributed by atoms with Gasteiger partial charge < -0.3 is 4.74 Å². The average molecular weight is 471 g/mol. The predicted octanol–water partition coefficient (Wildman–Crippen LogP) is 4.82. The van der Waals surface area contributed by atoms with E-state index in [0.29, 0.717) is 30.9 Å². The number of nitrogens with zero attached hydrogens (tertiary/aromatic N) is 1. The number of ether oxygens (including phenoxy) is 1. The minimum absolute atomic E-state index is 0.111. The number of benzene rings is 3. The van der Waals surface area contributed by atoms with E-state index in [9.17, 15) is 9.59 Å². The maximum atomic E-state index is 12.1. The molecular weight excluding hydrogens is 444 g/mol. The van der Waals surface area contributed by atoms with Crippen molar-refractivity contribution in [1.29, 1.82) is 0 Å². The van der Waals surface area contributed by atoms with Gasteiger partial charge in [0, 0.05) is 19.1 Å². The number of carbonyl (C=O) groups is 1. The average Bonchev–Trinajstić information content (AvgIpc) is 2.88. The summed E-state index contributed by atoms with van der Waals surface area (Å²) in [6.07, 6.45) is 1.29. The fourth-order valence-electron chi connectivity index (χ4n) is 3.88. The molecule has 0 aliphatic rings. The summed E-state index contributed by atoms with van der Waals surface area (Å²) in [5, 5.41) is 7.09. The summed E-state index contributed by atoms with van der Waals surface area (Å²) in [4.78, 5) is 32.6. The van der Waals surface area contributed by atoms with E-state index in [2.05, 4.69) is 39.4 Å². The van der Waals surface area contributed by atoms with Gasteiger partial charge in [-0.2, -0.15) is 5.10 Å². The van der Waals surface area contributed by atoms with Crippen molar-refractivity contribution >= 4 is 5.97 Å². The topological polar surface area (TPSA) is 90.5 Å². The monoisotopic (exact) mass is 470 g/mol. The van der Waals surface area contributed by atoms with Crippen LogP contribution in [0.4, 0.5) is 0 Å². The van der Waals surface area contributed by atoms with E-state index in [1.165, 1.54) is 6.92 Å². The number of nitrogens with one attached hydrogen (secondary N) is 1.